The number of amides is 1. The maximum absolute atomic E-state index is 12.3. The van der Waals surface area contributed by atoms with Crippen molar-refractivity contribution in [2.45, 2.75) is 19.4 Å². The minimum atomic E-state index is -0.148. The molecule has 2 aromatic rings. The maximum atomic E-state index is 12.3. The van der Waals surface area contributed by atoms with Crippen LogP contribution in [-0.4, -0.2) is 35.4 Å². The Morgan fingerprint density at radius 1 is 1.65 bits per heavy atom. The summed E-state index contributed by atoms with van der Waals surface area (Å²) in [6.07, 6.45) is 2.56. The number of nitrogens with two attached hydrogens (primary N) is 1. The fourth-order valence-electron chi connectivity index (χ4n) is 2.38. The topological polar surface area (TPSA) is 90.1 Å². The fourth-order valence-corrected chi connectivity index (χ4v) is 3.32. The highest BCUT2D eigenvalue weighted by Crippen LogP contribution is 2.31. The molecule has 2 aromatic heterocycles. The first-order valence-electron chi connectivity index (χ1n) is 6.55. The molecule has 2 unspecified atom stereocenters. The van der Waals surface area contributed by atoms with Crippen LogP contribution >= 0.6 is 11.3 Å². The van der Waals surface area contributed by atoms with Gasteiger partial charge in [0.25, 0.3) is 5.91 Å². The number of fused-ring (bicyclic) bond motifs is 1. The van der Waals surface area contributed by atoms with Gasteiger partial charge < -0.3 is 15.8 Å². The molecule has 0 aromatic carbocycles. The van der Waals surface area contributed by atoms with Crippen molar-refractivity contribution in [2.75, 3.05) is 18.9 Å². The number of hydrogen-bond acceptors (Lipinski definition) is 6. The van der Waals surface area contributed by atoms with Crippen LogP contribution in [0.15, 0.2) is 12.3 Å². The second kappa shape index (κ2) is 5.34. The lowest BCUT2D eigenvalue weighted by Gasteiger charge is -2.18. The van der Waals surface area contributed by atoms with Crippen LogP contribution in [0.1, 0.15) is 23.0 Å². The Balaban J connectivity index is 1.80. The van der Waals surface area contributed by atoms with Gasteiger partial charge in [-0.25, -0.2) is 0 Å². The number of aromatic nitrogens is 2. The molecule has 3 rings (SSSR count). The second-order valence-corrected chi connectivity index (χ2v) is 5.98. The molecule has 0 radical (unpaired) electrons. The molecule has 7 heteroatoms. The van der Waals surface area contributed by atoms with E-state index in [4.69, 9.17) is 10.5 Å². The molecule has 3 heterocycles. The maximum Gasteiger partial charge on any atom is 0.263 e. The van der Waals surface area contributed by atoms with Gasteiger partial charge in [-0.1, -0.05) is 0 Å². The molecule has 0 aliphatic carbocycles. The van der Waals surface area contributed by atoms with E-state index in [1.807, 2.05) is 6.92 Å². The van der Waals surface area contributed by atoms with Gasteiger partial charge in [-0.2, -0.15) is 5.10 Å². The van der Waals surface area contributed by atoms with Crippen LogP contribution in [0.4, 0.5) is 5.69 Å². The zero-order valence-electron chi connectivity index (χ0n) is 11.1. The van der Waals surface area contributed by atoms with Crippen LogP contribution in [0.2, 0.25) is 0 Å². The quantitative estimate of drug-likeness (QED) is 0.893. The van der Waals surface area contributed by atoms with Gasteiger partial charge in [0.05, 0.1) is 18.5 Å². The van der Waals surface area contributed by atoms with Crippen LogP contribution in [0.25, 0.3) is 10.2 Å². The summed E-state index contributed by atoms with van der Waals surface area (Å²) in [5.41, 5.74) is 6.51. The number of hydrogen-bond donors (Lipinski definition) is 2. The van der Waals surface area contributed by atoms with E-state index in [1.165, 1.54) is 11.3 Å². The van der Waals surface area contributed by atoms with Gasteiger partial charge >= 0.3 is 0 Å². The lowest BCUT2D eigenvalue weighted by molar-refractivity contribution is 0.0927. The summed E-state index contributed by atoms with van der Waals surface area (Å²) in [5.74, 6) is 0.222. The third-order valence-electron chi connectivity index (χ3n) is 3.66. The van der Waals surface area contributed by atoms with Gasteiger partial charge in [0.1, 0.15) is 9.71 Å². The van der Waals surface area contributed by atoms with Crippen molar-refractivity contribution in [3.63, 3.8) is 0 Å². The van der Waals surface area contributed by atoms with Gasteiger partial charge in [0.2, 0.25) is 0 Å². The summed E-state index contributed by atoms with van der Waals surface area (Å²) in [6, 6.07) is 1.85. The first-order valence-corrected chi connectivity index (χ1v) is 7.36. The predicted molar refractivity (Wildman–Crippen MR) is 77.7 cm³/mol. The van der Waals surface area contributed by atoms with Crippen molar-refractivity contribution < 1.29 is 9.53 Å². The largest absolute Gasteiger partial charge is 0.397 e. The van der Waals surface area contributed by atoms with E-state index in [0.717, 1.165) is 18.4 Å². The fraction of sp³-hybridized carbons (Fsp3) is 0.462. The Morgan fingerprint density at radius 3 is 3.20 bits per heavy atom. The van der Waals surface area contributed by atoms with Crippen molar-refractivity contribution in [2.24, 2.45) is 5.92 Å². The number of ether oxygens (including phenoxy) is 1. The minimum absolute atomic E-state index is 0.0701. The highest BCUT2D eigenvalue weighted by molar-refractivity contribution is 7.21. The van der Waals surface area contributed by atoms with Crippen LogP contribution in [0.3, 0.4) is 0 Å². The molecule has 1 aliphatic heterocycles. The molecular weight excluding hydrogens is 276 g/mol. The Bertz CT molecular complexity index is 636. The normalized spacial score (nSPS) is 20.1. The molecular formula is C13H16N4O2S. The number of anilines is 1. The van der Waals surface area contributed by atoms with E-state index in [0.29, 0.717) is 27.9 Å². The van der Waals surface area contributed by atoms with Gasteiger partial charge in [-0.15, -0.1) is 16.4 Å². The predicted octanol–water partition coefficient (Wildman–Crippen LogP) is 1.43. The number of nitrogens with zero attached hydrogens (tertiary/aromatic N) is 2. The van der Waals surface area contributed by atoms with Gasteiger partial charge in [-0.05, 0) is 19.4 Å². The van der Waals surface area contributed by atoms with Crippen LogP contribution in [0, 0.1) is 5.92 Å². The van der Waals surface area contributed by atoms with Crippen LogP contribution in [-0.2, 0) is 4.74 Å². The van der Waals surface area contributed by atoms with Crippen molar-refractivity contribution >= 4 is 33.1 Å². The number of thiophene rings is 1. The first-order chi connectivity index (χ1) is 9.66. The van der Waals surface area contributed by atoms with E-state index in [9.17, 15) is 4.79 Å². The van der Waals surface area contributed by atoms with Crippen molar-refractivity contribution in [3.05, 3.63) is 17.1 Å². The molecule has 0 saturated carbocycles. The minimum Gasteiger partial charge on any atom is -0.397 e. The Kier molecular flexibility index (Phi) is 3.54. The number of nitrogens with one attached hydrogen (secondary N) is 1. The highest BCUT2D eigenvalue weighted by atomic mass is 32.1. The molecule has 106 valence electrons. The van der Waals surface area contributed by atoms with Gasteiger partial charge in [0, 0.05) is 24.0 Å². The smallest absolute Gasteiger partial charge is 0.263 e. The number of carbonyl (C=O) groups excluding carboxylic acids is 1. The molecule has 3 N–H and O–H groups in total. The Hall–Kier alpha value is -1.73. The molecule has 1 saturated heterocycles. The zero-order chi connectivity index (χ0) is 14.1. The summed E-state index contributed by atoms with van der Waals surface area (Å²) in [5, 5.41) is 11.6. The number of carbonyl (C=O) groups is 1. The van der Waals surface area contributed by atoms with Crippen molar-refractivity contribution in [3.8, 4) is 0 Å². The van der Waals surface area contributed by atoms with E-state index < -0.39 is 0 Å². The van der Waals surface area contributed by atoms with Crippen molar-refractivity contribution in [1.82, 2.24) is 15.5 Å². The molecule has 1 aliphatic rings. The van der Waals surface area contributed by atoms with Crippen molar-refractivity contribution in [1.29, 1.82) is 0 Å². The molecule has 1 fully saturated rings. The number of rotatable bonds is 3. The van der Waals surface area contributed by atoms with Crippen LogP contribution in [0.5, 0.6) is 0 Å². The molecule has 2 atom stereocenters. The summed E-state index contributed by atoms with van der Waals surface area (Å²) < 4.78 is 5.35. The molecule has 20 heavy (non-hydrogen) atoms. The van der Waals surface area contributed by atoms with E-state index in [-0.39, 0.29) is 11.9 Å². The average Bonchev–Trinajstić information content (AvgIpc) is 3.07. The van der Waals surface area contributed by atoms with Crippen LogP contribution < -0.4 is 11.1 Å². The van der Waals surface area contributed by atoms with Gasteiger partial charge in [-0.3, -0.25) is 4.79 Å². The second-order valence-electron chi connectivity index (χ2n) is 4.98. The molecule has 1 amide bonds. The van der Waals surface area contributed by atoms with Gasteiger partial charge in [0.15, 0.2) is 0 Å². The highest BCUT2D eigenvalue weighted by Gasteiger charge is 2.25. The van der Waals surface area contributed by atoms with E-state index >= 15 is 0 Å². The Morgan fingerprint density at radius 2 is 2.50 bits per heavy atom. The summed E-state index contributed by atoms with van der Waals surface area (Å²) in [7, 11) is 0. The number of nitrogen functional groups attached to an aromatic ring is 1. The SMILES string of the molecule is CC(NC(=O)c1sc2nnccc2c1N)C1CCOC1. The molecule has 0 bridgehead atoms. The summed E-state index contributed by atoms with van der Waals surface area (Å²) in [6.45, 7) is 3.47. The molecule has 0 spiro atoms. The molecule has 6 nitrogen and oxygen atoms in total. The van der Waals surface area contributed by atoms with E-state index in [2.05, 4.69) is 15.5 Å². The lowest BCUT2D eigenvalue weighted by atomic mass is 10.0. The zero-order valence-corrected chi connectivity index (χ0v) is 11.9. The standard InChI is InChI=1S/C13H16N4O2S/c1-7(8-3-5-19-6-8)16-12(18)11-10(14)9-2-4-15-17-13(9)20-11/h2,4,7-8H,3,5-6,14H2,1H3,(H,16,18). The Labute approximate surface area is 120 Å². The third kappa shape index (κ3) is 2.34. The van der Waals surface area contributed by atoms with E-state index in [1.54, 1.807) is 12.3 Å². The third-order valence-corrected chi connectivity index (χ3v) is 4.76. The summed E-state index contributed by atoms with van der Waals surface area (Å²) in [4.78, 5) is 13.5. The average molecular weight is 292 g/mol. The monoisotopic (exact) mass is 292 g/mol. The summed E-state index contributed by atoms with van der Waals surface area (Å²) >= 11 is 1.27. The first kappa shape index (κ1) is 13.3. The lowest BCUT2D eigenvalue weighted by Crippen LogP contribution is -2.38.